The molecule has 0 bridgehead atoms. The van der Waals surface area contributed by atoms with Crippen molar-refractivity contribution in [2.75, 3.05) is 4.90 Å². The number of amidine groups is 1. The molecule has 0 aliphatic rings. The lowest BCUT2D eigenvalue weighted by Gasteiger charge is -2.22. The molecule has 4 aromatic carbocycles. The number of carbonyl (C=O) groups excluding carboxylic acids is 1. The summed E-state index contributed by atoms with van der Waals surface area (Å²) in [5.74, 6) is 0.490. The monoisotopic (exact) mass is 355 g/mol. The van der Waals surface area contributed by atoms with Gasteiger partial charge in [-0.05, 0) is 22.9 Å². The average molecular weight is 355 g/mol. The maximum Gasteiger partial charge on any atom is 0.327 e. The lowest BCUT2D eigenvalue weighted by Crippen LogP contribution is -2.43. The highest BCUT2D eigenvalue weighted by molar-refractivity contribution is 6.17. The Labute approximate surface area is 156 Å². The molecule has 4 rings (SSSR count). The fraction of sp³-hybridized carbons (Fsp3) is 0. The molecule has 0 saturated carbocycles. The SMILES string of the molecule is N=C(Oc1cccc2ccccc12)N(C(N)=O)c1cccc2ccccc12. The van der Waals surface area contributed by atoms with Crippen LogP contribution in [0.4, 0.5) is 10.5 Å². The number of urea groups is 1. The van der Waals surface area contributed by atoms with E-state index in [9.17, 15) is 4.79 Å². The Kier molecular flexibility index (Phi) is 4.18. The summed E-state index contributed by atoms with van der Waals surface area (Å²) in [5.41, 5.74) is 6.10. The van der Waals surface area contributed by atoms with E-state index in [1.54, 1.807) is 12.1 Å². The first-order valence-corrected chi connectivity index (χ1v) is 8.46. The summed E-state index contributed by atoms with van der Waals surface area (Å²) in [6.45, 7) is 0. The molecular weight excluding hydrogens is 338 g/mol. The Bertz CT molecular complexity index is 1160. The molecule has 0 aliphatic carbocycles. The van der Waals surface area contributed by atoms with Gasteiger partial charge in [-0.25, -0.2) is 9.69 Å². The van der Waals surface area contributed by atoms with Crippen molar-refractivity contribution in [2.24, 2.45) is 5.73 Å². The van der Waals surface area contributed by atoms with Crippen LogP contribution in [0.15, 0.2) is 84.9 Å². The predicted molar refractivity (Wildman–Crippen MR) is 108 cm³/mol. The maximum atomic E-state index is 12.2. The van der Waals surface area contributed by atoms with Crippen molar-refractivity contribution in [3.05, 3.63) is 84.9 Å². The number of fused-ring (bicyclic) bond motifs is 2. The molecule has 0 unspecified atom stereocenters. The Balaban J connectivity index is 1.76. The highest BCUT2D eigenvalue weighted by Gasteiger charge is 2.22. The predicted octanol–water partition coefficient (Wildman–Crippen LogP) is 4.89. The molecule has 0 saturated heterocycles. The minimum atomic E-state index is -0.781. The quantitative estimate of drug-likeness (QED) is 0.396. The van der Waals surface area contributed by atoms with Crippen LogP contribution in [0.1, 0.15) is 0 Å². The van der Waals surface area contributed by atoms with E-state index >= 15 is 0 Å². The number of hydrogen-bond donors (Lipinski definition) is 2. The number of carbonyl (C=O) groups is 1. The van der Waals surface area contributed by atoms with Gasteiger partial charge in [-0.1, -0.05) is 72.8 Å². The van der Waals surface area contributed by atoms with Gasteiger partial charge in [-0.2, -0.15) is 0 Å². The fourth-order valence-corrected chi connectivity index (χ4v) is 3.17. The van der Waals surface area contributed by atoms with Gasteiger partial charge in [-0.15, -0.1) is 0 Å². The van der Waals surface area contributed by atoms with E-state index in [2.05, 4.69) is 0 Å². The Morgan fingerprint density at radius 1 is 0.778 bits per heavy atom. The topological polar surface area (TPSA) is 79.4 Å². The second kappa shape index (κ2) is 6.80. The number of hydrogen-bond acceptors (Lipinski definition) is 3. The van der Waals surface area contributed by atoms with E-state index in [-0.39, 0.29) is 6.02 Å². The van der Waals surface area contributed by atoms with E-state index in [0.717, 1.165) is 26.4 Å². The molecule has 0 spiro atoms. The first-order valence-electron chi connectivity index (χ1n) is 8.46. The standard InChI is InChI=1S/C22H17N3O2/c23-21(26)25(19-13-5-9-15-7-1-3-11-17(15)19)22(24)27-20-14-6-10-16-8-2-4-12-18(16)20/h1-14,24H,(H2,23,26). The van der Waals surface area contributed by atoms with Crippen LogP contribution in [0.2, 0.25) is 0 Å². The maximum absolute atomic E-state index is 12.2. The van der Waals surface area contributed by atoms with E-state index in [1.807, 2.05) is 72.8 Å². The molecule has 0 atom stereocenters. The molecule has 4 aromatic rings. The molecule has 0 radical (unpaired) electrons. The van der Waals surface area contributed by atoms with Gasteiger partial charge in [-0.3, -0.25) is 5.41 Å². The summed E-state index contributed by atoms with van der Waals surface area (Å²) in [7, 11) is 0. The molecule has 0 aliphatic heterocycles. The first-order chi connectivity index (χ1) is 13.1. The fourth-order valence-electron chi connectivity index (χ4n) is 3.17. The van der Waals surface area contributed by atoms with Crippen LogP contribution < -0.4 is 15.4 Å². The number of ether oxygens (including phenoxy) is 1. The Morgan fingerprint density at radius 2 is 1.33 bits per heavy atom. The molecule has 0 fully saturated rings. The third-order valence-corrected chi connectivity index (χ3v) is 4.39. The van der Waals surface area contributed by atoms with Crippen LogP contribution in [-0.2, 0) is 0 Å². The van der Waals surface area contributed by atoms with Crippen LogP contribution >= 0.6 is 0 Å². The lowest BCUT2D eigenvalue weighted by molar-refractivity contribution is 0.255. The zero-order valence-electron chi connectivity index (χ0n) is 14.4. The molecule has 0 heterocycles. The normalized spacial score (nSPS) is 10.7. The first kappa shape index (κ1) is 16.6. The average Bonchev–Trinajstić information content (AvgIpc) is 2.68. The molecule has 0 aromatic heterocycles. The number of rotatable bonds is 2. The second-order valence-electron chi connectivity index (χ2n) is 6.06. The van der Waals surface area contributed by atoms with Gasteiger partial charge in [0, 0.05) is 10.8 Å². The van der Waals surface area contributed by atoms with Crippen molar-refractivity contribution in [1.29, 1.82) is 5.41 Å². The molecular formula is C22H17N3O2. The van der Waals surface area contributed by atoms with Gasteiger partial charge < -0.3 is 10.5 Å². The Morgan fingerprint density at radius 3 is 2.04 bits per heavy atom. The van der Waals surface area contributed by atoms with Gasteiger partial charge in [0.25, 0.3) is 0 Å². The Hall–Kier alpha value is -3.86. The molecule has 132 valence electrons. The number of anilines is 1. The third-order valence-electron chi connectivity index (χ3n) is 4.39. The summed E-state index contributed by atoms with van der Waals surface area (Å²) < 4.78 is 5.76. The smallest absolute Gasteiger partial charge is 0.327 e. The summed E-state index contributed by atoms with van der Waals surface area (Å²) >= 11 is 0. The van der Waals surface area contributed by atoms with Crippen molar-refractivity contribution in [3.8, 4) is 5.75 Å². The summed E-state index contributed by atoms with van der Waals surface area (Å²) in [6, 6.07) is 25.2. The van der Waals surface area contributed by atoms with Gasteiger partial charge in [0.2, 0.25) is 0 Å². The van der Waals surface area contributed by atoms with Gasteiger partial charge in [0.05, 0.1) is 5.69 Å². The van der Waals surface area contributed by atoms with Crippen molar-refractivity contribution >= 4 is 39.3 Å². The van der Waals surface area contributed by atoms with Crippen LogP contribution in [0.25, 0.3) is 21.5 Å². The van der Waals surface area contributed by atoms with E-state index < -0.39 is 6.03 Å². The summed E-state index contributed by atoms with van der Waals surface area (Å²) in [4.78, 5) is 13.2. The van der Waals surface area contributed by atoms with Crippen LogP contribution in [0, 0.1) is 5.41 Å². The number of benzene rings is 4. The molecule has 3 N–H and O–H groups in total. The number of nitrogens with one attached hydrogen (secondary N) is 1. The zero-order chi connectivity index (χ0) is 18.8. The van der Waals surface area contributed by atoms with Gasteiger partial charge in [0.15, 0.2) is 0 Å². The highest BCUT2D eigenvalue weighted by Crippen LogP contribution is 2.29. The third kappa shape index (κ3) is 3.06. The van der Waals surface area contributed by atoms with Crippen molar-refractivity contribution in [3.63, 3.8) is 0 Å². The molecule has 5 heteroatoms. The number of nitrogens with two attached hydrogens (primary N) is 1. The number of primary amides is 1. The largest absolute Gasteiger partial charge is 0.425 e. The minimum absolute atomic E-state index is 0.352. The number of nitrogens with zero attached hydrogens (tertiary/aromatic N) is 1. The van der Waals surface area contributed by atoms with Gasteiger partial charge >= 0.3 is 12.1 Å². The number of amides is 2. The molecule has 5 nitrogen and oxygen atoms in total. The zero-order valence-corrected chi connectivity index (χ0v) is 14.4. The van der Waals surface area contributed by atoms with E-state index in [0.29, 0.717) is 11.4 Å². The summed E-state index contributed by atoms with van der Waals surface area (Å²) in [6.07, 6.45) is 0. The van der Waals surface area contributed by atoms with Crippen molar-refractivity contribution < 1.29 is 9.53 Å². The van der Waals surface area contributed by atoms with E-state index in [1.165, 1.54) is 0 Å². The summed E-state index contributed by atoms with van der Waals surface area (Å²) in [5, 5.41) is 12.0. The lowest BCUT2D eigenvalue weighted by atomic mass is 10.1. The second-order valence-corrected chi connectivity index (χ2v) is 6.06. The molecule has 27 heavy (non-hydrogen) atoms. The minimum Gasteiger partial charge on any atom is -0.425 e. The van der Waals surface area contributed by atoms with Gasteiger partial charge in [0.1, 0.15) is 5.75 Å². The van der Waals surface area contributed by atoms with Crippen LogP contribution in [0.3, 0.4) is 0 Å². The van der Waals surface area contributed by atoms with Crippen molar-refractivity contribution in [2.45, 2.75) is 0 Å². The molecule has 2 amide bonds. The van der Waals surface area contributed by atoms with Crippen LogP contribution in [0.5, 0.6) is 5.75 Å². The highest BCUT2D eigenvalue weighted by atomic mass is 16.5. The van der Waals surface area contributed by atoms with E-state index in [4.69, 9.17) is 15.9 Å². The van der Waals surface area contributed by atoms with Crippen LogP contribution in [-0.4, -0.2) is 12.1 Å². The van der Waals surface area contributed by atoms with Crippen molar-refractivity contribution in [1.82, 2.24) is 0 Å².